The van der Waals surface area contributed by atoms with Crippen molar-refractivity contribution in [2.45, 2.75) is 6.54 Å². The van der Waals surface area contributed by atoms with E-state index in [1.54, 1.807) is 28.4 Å². The average Bonchev–Trinajstić information content (AvgIpc) is 2.58. The van der Waals surface area contributed by atoms with Gasteiger partial charge in [-0.2, -0.15) is 0 Å². The van der Waals surface area contributed by atoms with Crippen molar-refractivity contribution in [2.24, 2.45) is 0 Å². The van der Waals surface area contributed by atoms with Crippen molar-refractivity contribution >= 4 is 17.3 Å². The summed E-state index contributed by atoms with van der Waals surface area (Å²) in [5.74, 6) is 2.42. The third-order valence-electron chi connectivity index (χ3n) is 3.38. The summed E-state index contributed by atoms with van der Waals surface area (Å²) in [7, 11) is 6.34. The van der Waals surface area contributed by atoms with E-state index in [0.29, 0.717) is 34.6 Å². The lowest BCUT2D eigenvalue weighted by atomic mass is 10.2. The fourth-order valence-electron chi connectivity index (χ4n) is 2.21. The highest BCUT2D eigenvalue weighted by molar-refractivity contribution is 6.32. The monoisotopic (exact) mass is 337 g/mol. The van der Waals surface area contributed by atoms with Gasteiger partial charge in [-0.1, -0.05) is 17.7 Å². The molecule has 6 heteroatoms. The highest BCUT2D eigenvalue weighted by Crippen LogP contribution is 2.40. The second-order valence-electron chi connectivity index (χ2n) is 4.74. The number of anilines is 1. The fourth-order valence-corrected chi connectivity index (χ4v) is 2.49. The lowest BCUT2D eigenvalue weighted by Gasteiger charge is -2.15. The van der Waals surface area contributed by atoms with Crippen LogP contribution in [0.25, 0.3) is 0 Å². The minimum absolute atomic E-state index is 0.563. The SMILES string of the molecule is COc1ccc(CNc2cc(OC)c(OC)c(OC)c2)cc1Cl. The first-order valence-corrected chi connectivity index (χ1v) is 7.37. The Morgan fingerprint density at radius 2 is 1.43 bits per heavy atom. The maximum Gasteiger partial charge on any atom is 0.203 e. The van der Waals surface area contributed by atoms with E-state index < -0.39 is 0 Å². The summed E-state index contributed by atoms with van der Waals surface area (Å²) in [5.41, 5.74) is 1.89. The van der Waals surface area contributed by atoms with E-state index in [9.17, 15) is 0 Å². The molecule has 0 atom stereocenters. The zero-order valence-corrected chi connectivity index (χ0v) is 14.4. The van der Waals surface area contributed by atoms with Crippen LogP contribution in [0.5, 0.6) is 23.0 Å². The first-order chi connectivity index (χ1) is 11.1. The molecule has 0 amide bonds. The van der Waals surface area contributed by atoms with E-state index >= 15 is 0 Å². The first kappa shape index (κ1) is 17.1. The Morgan fingerprint density at radius 3 is 1.91 bits per heavy atom. The number of hydrogen-bond donors (Lipinski definition) is 1. The molecule has 2 rings (SSSR count). The summed E-state index contributed by atoms with van der Waals surface area (Å²) in [6, 6.07) is 9.37. The van der Waals surface area contributed by atoms with E-state index in [1.807, 2.05) is 30.3 Å². The van der Waals surface area contributed by atoms with Crippen LogP contribution >= 0.6 is 11.6 Å². The molecule has 2 aromatic rings. The van der Waals surface area contributed by atoms with Gasteiger partial charge < -0.3 is 24.3 Å². The number of ether oxygens (including phenoxy) is 4. The molecule has 1 N–H and O–H groups in total. The maximum absolute atomic E-state index is 6.14. The van der Waals surface area contributed by atoms with Crippen LogP contribution in [0.4, 0.5) is 5.69 Å². The molecule has 0 aliphatic rings. The van der Waals surface area contributed by atoms with Crippen molar-refractivity contribution in [3.8, 4) is 23.0 Å². The summed E-state index contributed by atoms with van der Waals surface area (Å²) in [4.78, 5) is 0. The highest BCUT2D eigenvalue weighted by atomic mass is 35.5. The van der Waals surface area contributed by atoms with Crippen molar-refractivity contribution in [1.29, 1.82) is 0 Å². The molecule has 0 unspecified atom stereocenters. The zero-order chi connectivity index (χ0) is 16.8. The van der Waals surface area contributed by atoms with Crippen LogP contribution in [0.1, 0.15) is 5.56 Å². The third kappa shape index (κ3) is 3.93. The zero-order valence-electron chi connectivity index (χ0n) is 13.6. The molecule has 0 heterocycles. The van der Waals surface area contributed by atoms with Gasteiger partial charge in [0.05, 0.1) is 33.5 Å². The van der Waals surface area contributed by atoms with Gasteiger partial charge in [0.15, 0.2) is 11.5 Å². The van der Waals surface area contributed by atoms with Crippen molar-refractivity contribution in [1.82, 2.24) is 0 Å². The smallest absolute Gasteiger partial charge is 0.203 e. The molecule has 0 aromatic heterocycles. The molecule has 0 bridgehead atoms. The molecule has 23 heavy (non-hydrogen) atoms. The standard InChI is InChI=1S/C17H20ClNO4/c1-20-14-6-5-11(7-13(14)18)10-19-12-8-15(21-2)17(23-4)16(9-12)22-3/h5-9,19H,10H2,1-4H3. The van der Waals surface area contributed by atoms with Gasteiger partial charge in [0.25, 0.3) is 0 Å². The van der Waals surface area contributed by atoms with E-state index in [2.05, 4.69) is 5.32 Å². The average molecular weight is 338 g/mol. The molecule has 5 nitrogen and oxygen atoms in total. The van der Waals surface area contributed by atoms with Crippen LogP contribution in [0.2, 0.25) is 5.02 Å². The number of nitrogens with one attached hydrogen (secondary N) is 1. The molecule has 0 saturated carbocycles. The van der Waals surface area contributed by atoms with E-state index in [0.717, 1.165) is 11.3 Å². The molecule has 0 radical (unpaired) electrons. The Balaban J connectivity index is 2.18. The number of hydrogen-bond acceptors (Lipinski definition) is 5. The Bertz CT molecular complexity index is 651. The van der Waals surface area contributed by atoms with Crippen LogP contribution in [0.15, 0.2) is 30.3 Å². The molecule has 0 fully saturated rings. The van der Waals surface area contributed by atoms with Crippen molar-refractivity contribution in [2.75, 3.05) is 33.8 Å². The predicted octanol–water partition coefficient (Wildman–Crippen LogP) is 3.99. The summed E-state index contributed by atoms with van der Waals surface area (Å²) in [6.07, 6.45) is 0. The highest BCUT2D eigenvalue weighted by Gasteiger charge is 2.13. The molecule has 124 valence electrons. The molecule has 2 aromatic carbocycles. The number of halogens is 1. The van der Waals surface area contributed by atoms with E-state index in [1.165, 1.54) is 0 Å². The maximum atomic E-state index is 6.14. The molecule has 0 aliphatic carbocycles. The fraction of sp³-hybridized carbons (Fsp3) is 0.294. The Kier molecular flexibility index (Phi) is 5.82. The minimum Gasteiger partial charge on any atom is -0.495 e. The van der Waals surface area contributed by atoms with Crippen molar-refractivity contribution in [3.63, 3.8) is 0 Å². The van der Waals surface area contributed by atoms with Gasteiger partial charge in [-0.25, -0.2) is 0 Å². The van der Waals surface area contributed by atoms with Crippen LogP contribution in [-0.4, -0.2) is 28.4 Å². The molecule has 0 spiro atoms. The summed E-state index contributed by atoms with van der Waals surface area (Å²) < 4.78 is 21.1. The van der Waals surface area contributed by atoms with Crippen LogP contribution in [0, 0.1) is 0 Å². The molecular formula is C17H20ClNO4. The van der Waals surface area contributed by atoms with Gasteiger partial charge in [0.2, 0.25) is 5.75 Å². The van der Waals surface area contributed by atoms with Gasteiger partial charge in [0, 0.05) is 24.4 Å². The summed E-state index contributed by atoms with van der Waals surface area (Å²) in [5, 5.41) is 3.89. The van der Waals surface area contributed by atoms with Crippen LogP contribution in [0.3, 0.4) is 0 Å². The normalized spacial score (nSPS) is 10.1. The van der Waals surface area contributed by atoms with E-state index in [-0.39, 0.29) is 0 Å². The van der Waals surface area contributed by atoms with Gasteiger partial charge in [-0.15, -0.1) is 0 Å². The Hall–Kier alpha value is -2.27. The van der Waals surface area contributed by atoms with Crippen molar-refractivity contribution in [3.05, 3.63) is 40.9 Å². The first-order valence-electron chi connectivity index (χ1n) is 6.99. The number of rotatable bonds is 7. The lowest BCUT2D eigenvalue weighted by molar-refractivity contribution is 0.324. The van der Waals surface area contributed by atoms with Gasteiger partial charge in [0.1, 0.15) is 5.75 Å². The molecular weight excluding hydrogens is 318 g/mol. The predicted molar refractivity (Wildman–Crippen MR) is 91.4 cm³/mol. The second kappa shape index (κ2) is 7.83. The Labute approximate surface area is 141 Å². The van der Waals surface area contributed by atoms with Gasteiger partial charge in [-0.05, 0) is 17.7 Å². The van der Waals surface area contributed by atoms with Gasteiger partial charge >= 0.3 is 0 Å². The number of methoxy groups -OCH3 is 4. The quantitative estimate of drug-likeness (QED) is 0.828. The summed E-state index contributed by atoms with van der Waals surface area (Å²) in [6.45, 7) is 0.600. The minimum atomic E-state index is 0.563. The van der Waals surface area contributed by atoms with Crippen LogP contribution in [-0.2, 0) is 6.54 Å². The second-order valence-corrected chi connectivity index (χ2v) is 5.14. The lowest BCUT2D eigenvalue weighted by Crippen LogP contribution is -2.02. The topological polar surface area (TPSA) is 49.0 Å². The van der Waals surface area contributed by atoms with E-state index in [4.69, 9.17) is 30.5 Å². The largest absolute Gasteiger partial charge is 0.495 e. The third-order valence-corrected chi connectivity index (χ3v) is 3.67. The Morgan fingerprint density at radius 1 is 0.826 bits per heavy atom. The van der Waals surface area contributed by atoms with Crippen molar-refractivity contribution < 1.29 is 18.9 Å². The molecule has 0 aliphatic heterocycles. The molecule has 0 saturated heterocycles. The summed E-state index contributed by atoms with van der Waals surface area (Å²) >= 11 is 6.14. The number of benzene rings is 2. The van der Waals surface area contributed by atoms with Crippen LogP contribution < -0.4 is 24.3 Å². The van der Waals surface area contributed by atoms with Gasteiger partial charge in [-0.3, -0.25) is 0 Å².